The molecule has 0 radical (unpaired) electrons. The summed E-state index contributed by atoms with van der Waals surface area (Å²) in [5.74, 6) is -0.550. The molecule has 0 unspecified atom stereocenters. The van der Waals surface area contributed by atoms with Gasteiger partial charge in [-0.05, 0) is 42.5 Å². The van der Waals surface area contributed by atoms with Crippen molar-refractivity contribution in [2.24, 2.45) is 0 Å². The monoisotopic (exact) mass is 414 g/mol. The van der Waals surface area contributed by atoms with Gasteiger partial charge in [0.15, 0.2) is 0 Å². The van der Waals surface area contributed by atoms with E-state index in [4.69, 9.17) is 0 Å². The average Bonchev–Trinajstić information content (AvgIpc) is 3.18. The molecule has 0 fully saturated rings. The molecule has 0 saturated heterocycles. The van der Waals surface area contributed by atoms with Crippen LogP contribution < -0.4 is 0 Å². The third-order valence-corrected chi connectivity index (χ3v) is 4.30. The van der Waals surface area contributed by atoms with E-state index in [0.717, 1.165) is 10.2 Å². The van der Waals surface area contributed by atoms with Gasteiger partial charge in [0.25, 0.3) is 5.91 Å². The first-order chi connectivity index (χ1) is 12.6. The first kappa shape index (κ1) is 18.0. The standard InChI is InChI=1S/C19H16BrFN4O/c1-2-9-24(11-15-10-16(20)5-8-18(15)21)19(26)14-3-6-17(7-4-14)25-13-22-12-23-25/h2-8,10,12-13H,1,9,11H2. The number of rotatable bonds is 6. The van der Waals surface area contributed by atoms with Gasteiger partial charge in [0.1, 0.15) is 18.5 Å². The topological polar surface area (TPSA) is 51.0 Å². The summed E-state index contributed by atoms with van der Waals surface area (Å²) in [6.07, 6.45) is 4.64. The summed E-state index contributed by atoms with van der Waals surface area (Å²) in [5.41, 5.74) is 1.74. The fraction of sp³-hybridized carbons (Fsp3) is 0.105. The zero-order valence-corrected chi connectivity index (χ0v) is 15.4. The Labute approximate surface area is 158 Å². The summed E-state index contributed by atoms with van der Waals surface area (Å²) in [7, 11) is 0. The second-order valence-electron chi connectivity index (χ2n) is 5.60. The second kappa shape index (κ2) is 8.05. The third kappa shape index (κ3) is 4.05. The van der Waals surface area contributed by atoms with Gasteiger partial charge >= 0.3 is 0 Å². The van der Waals surface area contributed by atoms with Crippen molar-refractivity contribution in [3.8, 4) is 5.69 Å². The van der Waals surface area contributed by atoms with Crippen LogP contribution in [0, 0.1) is 5.82 Å². The molecule has 3 aromatic rings. The van der Waals surface area contributed by atoms with Crippen molar-refractivity contribution in [2.45, 2.75) is 6.54 Å². The number of halogens is 2. The van der Waals surface area contributed by atoms with Crippen molar-refractivity contribution in [1.82, 2.24) is 19.7 Å². The fourth-order valence-electron chi connectivity index (χ4n) is 2.53. The van der Waals surface area contributed by atoms with E-state index in [9.17, 15) is 9.18 Å². The van der Waals surface area contributed by atoms with Crippen LogP contribution in [-0.2, 0) is 6.54 Å². The number of hydrogen-bond acceptors (Lipinski definition) is 3. The number of carbonyl (C=O) groups is 1. The van der Waals surface area contributed by atoms with Gasteiger partial charge in [-0.1, -0.05) is 22.0 Å². The van der Waals surface area contributed by atoms with Gasteiger partial charge in [-0.3, -0.25) is 4.79 Å². The van der Waals surface area contributed by atoms with Crippen LogP contribution >= 0.6 is 15.9 Å². The lowest BCUT2D eigenvalue weighted by molar-refractivity contribution is 0.0761. The molecule has 0 N–H and O–H groups in total. The Hall–Kier alpha value is -2.80. The zero-order chi connectivity index (χ0) is 18.5. The molecule has 0 aliphatic rings. The predicted molar refractivity (Wildman–Crippen MR) is 100 cm³/mol. The lowest BCUT2D eigenvalue weighted by atomic mass is 10.1. The maximum absolute atomic E-state index is 14.0. The first-order valence-electron chi connectivity index (χ1n) is 7.87. The fourth-order valence-corrected chi connectivity index (χ4v) is 2.93. The van der Waals surface area contributed by atoms with Gasteiger partial charge in [-0.2, -0.15) is 5.10 Å². The molecule has 1 aromatic heterocycles. The van der Waals surface area contributed by atoms with E-state index in [0.29, 0.717) is 17.7 Å². The molecule has 5 nitrogen and oxygen atoms in total. The average molecular weight is 415 g/mol. The van der Waals surface area contributed by atoms with Gasteiger partial charge in [-0.25, -0.2) is 14.1 Å². The van der Waals surface area contributed by atoms with Crippen molar-refractivity contribution in [3.05, 3.63) is 89.2 Å². The Bertz CT molecular complexity index is 910. The van der Waals surface area contributed by atoms with Crippen molar-refractivity contribution < 1.29 is 9.18 Å². The molecule has 7 heteroatoms. The van der Waals surface area contributed by atoms with Crippen LogP contribution in [0.4, 0.5) is 4.39 Å². The Balaban J connectivity index is 1.82. The van der Waals surface area contributed by atoms with Crippen molar-refractivity contribution in [1.29, 1.82) is 0 Å². The Morgan fingerprint density at radius 3 is 2.69 bits per heavy atom. The Morgan fingerprint density at radius 2 is 2.04 bits per heavy atom. The highest BCUT2D eigenvalue weighted by Gasteiger charge is 2.17. The molecule has 132 valence electrons. The minimum atomic E-state index is -0.350. The molecule has 0 aliphatic heterocycles. The lowest BCUT2D eigenvalue weighted by Crippen LogP contribution is -2.31. The summed E-state index contributed by atoms with van der Waals surface area (Å²) in [5, 5.41) is 4.05. The van der Waals surface area contributed by atoms with Crippen molar-refractivity contribution >= 4 is 21.8 Å². The van der Waals surface area contributed by atoms with E-state index in [-0.39, 0.29) is 18.3 Å². The minimum Gasteiger partial charge on any atom is -0.330 e. The molecule has 0 saturated carbocycles. The first-order valence-corrected chi connectivity index (χ1v) is 8.67. The summed E-state index contributed by atoms with van der Waals surface area (Å²) < 4.78 is 16.4. The Kier molecular flexibility index (Phi) is 5.58. The molecule has 1 amide bonds. The quantitative estimate of drug-likeness (QED) is 0.572. The molecule has 2 aromatic carbocycles. The summed E-state index contributed by atoms with van der Waals surface area (Å²) >= 11 is 3.33. The van der Waals surface area contributed by atoms with Crippen LogP contribution in [0.15, 0.2) is 72.2 Å². The SMILES string of the molecule is C=CCN(Cc1cc(Br)ccc1F)C(=O)c1ccc(-n2cncn2)cc1. The van der Waals surface area contributed by atoms with Crippen molar-refractivity contribution in [2.75, 3.05) is 6.54 Å². The maximum atomic E-state index is 14.0. The van der Waals surface area contributed by atoms with E-state index in [2.05, 4.69) is 32.6 Å². The summed E-state index contributed by atoms with van der Waals surface area (Å²) in [6.45, 7) is 4.16. The van der Waals surface area contributed by atoms with E-state index >= 15 is 0 Å². The second-order valence-corrected chi connectivity index (χ2v) is 6.51. The normalized spacial score (nSPS) is 10.5. The Morgan fingerprint density at radius 1 is 1.27 bits per heavy atom. The molecular formula is C19H16BrFN4O. The number of nitrogens with zero attached hydrogens (tertiary/aromatic N) is 4. The van der Waals surface area contributed by atoms with Crippen molar-refractivity contribution in [3.63, 3.8) is 0 Å². The van der Waals surface area contributed by atoms with E-state index in [1.54, 1.807) is 58.4 Å². The molecule has 3 rings (SSSR count). The van der Waals surface area contributed by atoms with Gasteiger partial charge < -0.3 is 4.90 Å². The highest BCUT2D eigenvalue weighted by atomic mass is 79.9. The van der Waals surface area contributed by atoms with Gasteiger partial charge in [0, 0.05) is 28.7 Å². The lowest BCUT2D eigenvalue weighted by Gasteiger charge is -2.22. The van der Waals surface area contributed by atoms with Gasteiger partial charge in [-0.15, -0.1) is 6.58 Å². The molecule has 0 atom stereocenters. The van der Waals surface area contributed by atoms with E-state index < -0.39 is 0 Å². The van der Waals surface area contributed by atoms with Crippen LogP contribution in [0.3, 0.4) is 0 Å². The van der Waals surface area contributed by atoms with Crippen LogP contribution in [0.1, 0.15) is 15.9 Å². The van der Waals surface area contributed by atoms with Gasteiger partial charge in [0.05, 0.1) is 5.69 Å². The maximum Gasteiger partial charge on any atom is 0.254 e. The molecular weight excluding hydrogens is 399 g/mol. The van der Waals surface area contributed by atoms with E-state index in [1.165, 1.54) is 12.4 Å². The number of carbonyl (C=O) groups excluding carboxylic acids is 1. The number of aromatic nitrogens is 3. The molecule has 26 heavy (non-hydrogen) atoms. The van der Waals surface area contributed by atoms with Crippen LogP contribution in [0.25, 0.3) is 5.69 Å². The van der Waals surface area contributed by atoms with Crippen LogP contribution in [-0.4, -0.2) is 32.1 Å². The number of hydrogen-bond donors (Lipinski definition) is 0. The third-order valence-electron chi connectivity index (χ3n) is 3.80. The summed E-state index contributed by atoms with van der Waals surface area (Å²) in [6, 6.07) is 11.7. The molecule has 0 aliphatic carbocycles. The van der Waals surface area contributed by atoms with Crippen LogP contribution in [0.5, 0.6) is 0 Å². The predicted octanol–water partition coefficient (Wildman–Crippen LogP) is 4.00. The summed E-state index contributed by atoms with van der Waals surface area (Å²) in [4.78, 5) is 18.3. The van der Waals surface area contributed by atoms with Crippen LogP contribution in [0.2, 0.25) is 0 Å². The van der Waals surface area contributed by atoms with Gasteiger partial charge in [0.2, 0.25) is 0 Å². The number of amides is 1. The molecule has 1 heterocycles. The van der Waals surface area contributed by atoms with E-state index in [1.807, 2.05) is 0 Å². The highest BCUT2D eigenvalue weighted by molar-refractivity contribution is 9.10. The highest BCUT2D eigenvalue weighted by Crippen LogP contribution is 2.19. The minimum absolute atomic E-state index is 0.154. The zero-order valence-electron chi connectivity index (χ0n) is 13.8. The number of benzene rings is 2. The molecule has 0 spiro atoms. The smallest absolute Gasteiger partial charge is 0.254 e. The largest absolute Gasteiger partial charge is 0.330 e. The molecule has 0 bridgehead atoms.